The number of rotatable bonds is 3. The number of benzene rings is 1. The second-order valence-corrected chi connectivity index (χ2v) is 4.14. The lowest BCUT2D eigenvalue weighted by molar-refractivity contribution is -0.114. The third-order valence-electron chi connectivity index (χ3n) is 2.54. The molecule has 0 bridgehead atoms. The van der Waals surface area contributed by atoms with E-state index in [1.165, 1.54) is 12.3 Å². The van der Waals surface area contributed by atoms with Crippen molar-refractivity contribution < 1.29 is 14.7 Å². The van der Waals surface area contributed by atoms with E-state index in [1.54, 1.807) is 12.1 Å². The quantitative estimate of drug-likeness (QED) is 0.789. The number of anilines is 1. The summed E-state index contributed by atoms with van der Waals surface area (Å²) in [5.41, 5.74) is 5.51. The van der Waals surface area contributed by atoms with Crippen molar-refractivity contribution in [1.29, 1.82) is 0 Å². The summed E-state index contributed by atoms with van der Waals surface area (Å²) in [7, 11) is 0. The number of aromatic carboxylic acids is 1. The van der Waals surface area contributed by atoms with Crippen LogP contribution in [0, 0.1) is 0 Å². The Bertz CT molecular complexity index is 673. The standard InChI is InChI=1S/C12H10ClN3O3/c13-7-1-2-8(16-9(17)5-14)6-3-4-15-11(10(6)7)12(18)19/h1-4H,5,14H2,(H,16,17)(H,18,19). The number of nitrogens with one attached hydrogen (secondary N) is 1. The lowest BCUT2D eigenvalue weighted by Gasteiger charge is -2.10. The first kappa shape index (κ1) is 13.3. The number of aromatic nitrogens is 1. The number of hydrogen-bond donors (Lipinski definition) is 3. The highest BCUT2D eigenvalue weighted by Crippen LogP contribution is 2.31. The molecule has 1 heterocycles. The summed E-state index contributed by atoms with van der Waals surface area (Å²) in [6.45, 7) is -0.166. The van der Waals surface area contributed by atoms with Crippen LogP contribution in [0.5, 0.6) is 0 Å². The van der Waals surface area contributed by atoms with Gasteiger partial charge in [-0.3, -0.25) is 4.79 Å². The molecule has 0 saturated heterocycles. The first-order chi connectivity index (χ1) is 9.04. The molecule has 0 radical (unpaired) electrons. The Morgan fingerprint density at radius 1 is 1.37 bits per heavy atom. The molecular formula is C12H10ClN3O3. The van der Waals surface area contributed by atoms with Crippen LogP contribution in [0.1, 0.15) is 10.5 Å². The van der Waals surface area contributed by atoms with Crippen LogP contribution in [0.4, 0.5) is 5.69 Å². The van der Waals surface area contributed by atoms with Crippen LogP contribution in [0.15, 0.2) is 24.4 Å². The number of carboxylic acids is 1. The minimum atomic E-state index is -1.19. The molecule has 0 fully saturated rings. The summed E-state index contributed by atoms with van der Waals surface area (Å²) in [5, 5.41) is 12.7. The second kappa shape index (κ2) is 5.21. The first-order valence-corrected chi connectivity index (χ1v) is 5.73. The molecule has 4 N–H and O–H groups in total. The van der Waals surface area contributed by atoms with Crippen molar-refractivity contribution in [2.45, 2.75) is 0 Å². The second-order valence-electron chi connectivity index (χ2n) is 3.73. The molecule has 2 aromatic rings. The normalized spacial score (nSPS) is 10.4. The van der Waals surface area contributed by atoms with Gasteiger partial charge < -0.3 is 16.2 Å². The van der Waals surface area contributed by atoms with Gasteiger partial charge in [0, 0.05) is 22.7 Å². The maximum atomic E-state index is 11.3. The van der Waals surface area contributed by atoms with E-state index in [0.717, 1.165) is 0 Å². The number of amides is 1. The Kier molecular flexibility index (Phi) is 3.64. The van der Waals surface area contributed by atoms with Crippen LogP contribution < -0.4 is 11.1 Å². The molecule has 7 heteroatoms. The van der Waals surface area contributed by atoms with E-state index < -0.39 is 5.97 Å². The zero-order valence-corrected chi connectivity index (χ0v) is 10.4. The van der Waals surface area contributed by atoms with Crippen molar-refractivity contribution in [2.75, 3.05) is 11.9 Å². The van der Waals surface area contributed by atoms with Gasteiger partial charge in [-0.2, -0.15) is 0 Å². The van der Waals surface area contributed by atoms with Crippen LogP contribution in [0.2, 0.25) is 5.02 Å². The molecule has 0 saturated carbocycles. The highest BCUT2D eigenvalue weighted by molar-refractivity contribution is 6.37. The molecule has 0 atom stereocenters. The van der Waals surface area contributed by atoms with Gasteiger partial charge in [0.25, 0.3) is 0 Å². The van der Waals surface area contributed by atoms with E-state index in [9.17, 15) is 9.59 Å². The number of carbonyl (C=O) groups is 2. The van der Waals surface area contributed by atoms with E-state index in [-0.39, 0.29) is 28.6 Å². The van der Waals surface area contributed by atoms with Crippen LogP contribution in [-0.2, 0) is 4.79 Å². The van der Waals surface area contributed by atoms with E-state index >= 15 is 0 Å². The van der Waals surface area contributed by atoms with Crippen molar-refractivity contribution in [3.05, 3.63) is 35.1 Å². The van der Waals surface area contributed by atoms with Crippen LogP contribution in [-0.4, -0.2) is 28.5 Å². The maximum Gasteiger partial charge on any atom is 0.355 e. The fraction of sp³-hybridized carbons (Fsp3) is 0.0833. The summed E-state index contributed by atoms with van der Waals surface area (Å²) in [5.74, 6) is -1.56. The van der Waals surface area contributed by atoms with E-state index in [0.29, 0.717) is 11.1 Å². The third kappa shape index (κ3) is 2.49. The molecule has 6 nitrogen and oxygen atoms in total. The van der Waals surface area contributed by atoms with Crippen molar-refractivity contribution in [2.24, 2.45) is 5.73 Å². The molecule has 0 aliphatic heterocycles. The molecule has 19 heavy (non-hydrogen) atoms. The van der Waals surface area contributed by atoms with Gasteiger partial charge in [0.2, 0.25) is 5.91 Å². The number of halogens is 1. The molecule has 1 amide bonds. The SMILES string of the molecule is NCC(=O)Nc1ccc(Cl)c2c(C(=O)O)nccc12. The number of carbonyl (C=O) groups excluding carboxylic acids is 1. The van der Waals surface area contributed by atoms with E-state index in [4.69, 9.17) is 22.4 Å². The number of carboxylic acid groups (broad SMARTS) is 1. The van der Waals surface area contributed by atoms with Crippen molar-refractivity contribution in [3.63, 3.8) is 0 Å². The highest BCUT2D eigenvalue weighted by Gasteiger charge is 2.15. The summed E-state index contributed by atoms with van der Waals surface area (Å²) in [4.78, 5) is 26.2. The van der Waals surface area contributed by atoms with Gasteiger partial charge in [-0.25, -0.2) is 9.78 Å². The molecule has 1 aromatic carbocycles. The van der Waals surface area contributed by atoms with Crippen molar-refractivity contribution >= 4 is 39.9 Å². The van der Waals surface area contributed by atoms with Crippen molar-refractivity contribution in [3.8, 4) is 0 Å². The van der Waals surface area contributed by atoms with E-state index in [1.807, 2.05) is 0 Å². The lowest BCUT2D eigenvalue weighted by Crippen LogP contribution is -2.22. The minimum absolute atomic E-state index is 0.161. The summed E-state index contributed by atoms with van der Waals surface area (Å²) in [6, 6.07) is 4.67. The van der Waals surface area contributed by atoms with Gasteiger partial charge in [0.05, 0.1) is 11.6 Å². The molecule has 2 rings (SSSR count). The fourth-order valence-electron chi connectivity index (χ4n) is 1.73. The summed E-state index contributed by atoms with van der Waals surface area (Å²) < 4.78 is 0. The largest absolute Gasteiger partial charge is 0.476 e. The van der Waals surface area contributed by atoms with Crippen LogP contribution >= 0.6 is 11.6 Å². The van der Waals surface area contributed by atoms with Gasteiger partial charge in [-0.1, -0.05) is 11.6 Å². The molecule has 0 aliphatic rings. The summed E-state index contributed by atoms with van der Waals surface area (Å²) in [6.07, 6.45) is 1.35. The monoisotopic (exact) mass is 279 g/mol. The first-order valence-electron chi connectivity index (χ1n) is 5.35. The molecular weight excluding hydrogens is 270 g/mol. The van der Waals surface area contributed by atoms with E-state index in [2.05, 4.69) is 10.3 Å². The van der Waals surface area contributed by atoms with Gasteiger partial charge in [-0.05, 0) is 18.2 Å². The Morgan fingerprint density at radius 2 is 2.11 bits per heavy atom. The molecule has 1 aromatic heterocycles. The maximum absolute atomic E-state index is 11.3. The van der Waals surface area contributed by atoms with Crippen molar-refractivity contribution in [1.82, 2.24) is 4.98 Å². The highest BCUT2D eigenvalue weighted by atomic mass is 35.5. The zero-order valence-electron chi connectivity index (χ0n) is 9.68. The Balaban J connectivity index is 2.69. The molecule has 0 spiro atoms. The predicted octanol–water partition coefficient (Wildman–Crippen LogP) is 1.48. The van der Waals surface area contributed by atoms with Gasteiger partial charge in [0.15, 0.2) is 5.69 Å². The van der Waals surface area contributed by atoms with Gasteiger partial charge in [-0.15, -0.1) is 0 Å². The number of nitrogens with zero attached hydrogens (tertiary/aromatic N) is 1. The Hall–Kier alpha value is -2.18. The average molecular weight is 280 g/mol. The topological polar surface area (TPSA) is 105 Å². The zero-order chi connectivity index (χ0) is 14.0. The third-order valence-corrected chi connectivity index (χ3v) is 2.85. The Morgan fingerprint density at radius 3 is 2.74 bits per heavy atom. The smallest absolute Gasteiger partial charge is 0.355 e. The molecule has 0 unspecified atom stereocenters. The number of nitrogens with two attached hydrogens (primary N) is 1. The molecule has 0 aliphatic carbocycles. The summed E-state index contributed by atoms with van der Waals surface area (Å²) >= 11 is 6.01. The number of pyridine rings is 1. The molecule has 98 valence electrons. The average Bonchev–Trinajstić information content (AvgIpc) is 2.41. The minimum Gasteiger partial charge on any atom is -0.476 e. The fourth-order valence-corrected chi connectivity index (χ4v) is 1.98. The number of hydrogen-bond acceptors (Lipinski definition) is 4. The predicted molar refractivity (Wildman–Crippen MR) is 71.4 cm³/mol. The van der Waals surface area contributed by atoms with Gasteiger partial charge >= 0.3 is 5.97 Å². The number of fused-ring (bicyclic) bond motifs is 1. The van der Waals surface area contributed by atoms with Gasteiger partial charge in [0.1, 0.15) is 0 Å². The van der Waals surface area contributed by atoms with Crippen LogP contribution in [0.3, 0.4) is 0 Å². The Labute approximate surface area is 113 Å². The van der Waals surface area contributed by atoms with Crippen LogP contribution in [0.25, 0.3) is 10.8 Å². The lowest BCUT2D eigenvalue weighted by atomic mass is 10.1.